The molecule has 1 aliphatic heterocycles. The third-order valence-electron chi connectivity index (χ3n) is 7.47. The zero-order chi connectivity index (χ0) is 31.4. The van der Waals surface area contributed by atoms with Crippen molar-refractivity contribution in [2.24, 2.45) is 5.92 Å². The minimum Gasteiger partial charge on any atom is -0.467 e. The van der Waals surface area contributed by atoms with Gasteiger partial charge >= 0.3 is 6.09 Å². The zero-order valence-electron chi connectivity index (χ0n) is 25.7. The van der Waals surface area contributed by atoms with E-state index in [1.54, 1.807) is 23.4 Å². The summed E-state index contributed by atoms with van der Waals surface area (Å²) in [6, 6.07) is 12.6. The Morgan fingerprint density at radius 2 is 1.89 bits per heavy atom. The molecule has 0 spiro atoms. The lowest BCUT2D eigenvalue weighted by molar-refractivity contribution is 0.0455. The third-order valence-corrected chi connectivity index (χ3v) is 7.47. The van der Waals surface area contributed by atoms with Gasteiger partial charge < -0.3 is 29.1 Å². The summed E-state index contributed by atoms with van der Waals surface area (Å²) >= 11 is 0. The van der Waals surface area contributed by atoms with Gasteiger partial charge in [0.05, 0.1) is 24.8 Å². The monoisotopic (exact) mass is 601 g/mol. The molecule has 0 saturated carbocycles. The van der Waals surface area contributed by atoms with Crippen molar-refractivity contribution in [2.45, 2.75) is 65.0 Å². The molecule has 5 rings (SSSR count). The van der Waals surface area contributed by atoms with Crippen LogP contribution in [0.5, 0.6) is 0 Å². The van der Waals surface area contributed by atoms with Crippen molar-refractivity contribution in [1.82, 2.24) is 30.0 Å². The first kappa shape index (κ1) is 30.7. The molecule has 232 valence electrons. The van der Waals surface area contributed by atoms with Crippen LogP contribution in [0.4, 0.5) is 10.6 Å². The average Bonchev–Trinajstić information content (AvgIpc) is 3.71. The van der Waals surface area contributed by atoms with Crippen LogP contribution in [0.2, 0.25) is 0 Å². The van der Waals surface area contributed by atoms with Crippen molar-refractivity contribution in [2.75, 3.05) is 25.0 Å². The topological polar surface area (TPSA) is 151 Å². The molecule has 1 fully saturated rings. The predicted molar refractivity (Wildman–Crippen MR) is 163 cm³/mol. The Morgan fingerprint density at radius 1 is 1.11 bits per heavy atom. The second kappa shape index (κ2) is 12.9. The lowest BCUT2D eigenvalue weighted by Crippen LogP contribution is -2.54. The molecule has 4 heterocycles. The quantitative estimate of drug-likeness (QED) is 0.246. The van der Waals surface area contributed by atoms with E-state index in [0.29, 0.717) is 54.3 Å². The molecule has 2 atom stereocenters. The van der Waals surface area contributed by atoms with Crippen molar-refractivity contribution >= 4 is 17.8 Å². The molecule has 0 aliphatic carbocycles. The molecule has 2 amide bonds. The van der Waals surface area contributed by atoms with E-state index in [2.05, 4.69) is 20.5 Å². The van der Waals surface area contributed by atoms with Gasteiger partial charge in [0.1, 0.15) is 23.0 Å². The van der Waals surface area contributed by atoms with E-state index in [1.807, 2.05) is 71.0 Å². The van der Waals surface area contributed by atoms with Gasteiger partial charge in [0.2, 0.25) is 11.8 Å². The molecule has 0 unspecified atom stereocenters. The van der Waals surface area contributed by atoms with Crippen LogP contribution in [0, 0.1) is 5.92 Å². The van der Waals surface area contributed by atoms with E-state index >= 15 is 0 Å². The number of nitrogens with zero attached hydrogens (tertiary/aromatic N) is 6. The molecule has 44 heavy (non-hydrogen) atoms. The van der Waals surface area contributed by atoms with Crippen LogP contribution in [-0.4, -0.2) is 72.7 Å². The number of aromatic nitrogens is 4. The van der Waals surface area contributed by atoms with E-state index in [-0.39, 0.29) is 30.3 Å². The number of carbonyl (C=O) groups excluding carboxylic acids is 1. The summed E-state index contributed by atoms with van der Waals surface area (Å²) < 4.78 is 11.5. The van der Waals surface area contributed by atoms with Crippen LogP contribution < -0.4 is 5.32 Å². The SMILES string of the molecule is CC(C)CN(C(=O)c1cnc(C(C)(C)C)nc1NCc1ccco1)[C@H]1C[C@@H](c2nnc(-c3ccccc3)o2)CN(C(=O)O)C1. The molecule has 4 aromatic rings. The number of rotatable bonds is 9. The van der Waals surface area contributed by atoms with Crippen molar-refractivity contribution in [3.8, 4) is 11.5 Å². The standard InChI is InChI=1S/C32H39N7O5/c1-20(2)17-39(29(40)25-16-34-30(32(3,4)5)35-26(25)33-15-24-12-9-13-43-24)23-14-22(18-38(19-23)31(41)42)28-37-36-27(44-28)21-10-7-6-8-11-21/h6-13,16,20,22-23H,14-15,17-19H2,1-5H3,(H,41,42)(H,33,34,35)/t22-,23+/m1/s1. The molecular formula is C32H39N7O5. The maximum atomic E-state index is 14.4. The van der Waals surface area contributed by atoms with Crippen LogP contribution >= 0.6 is 0 Å². The number of carboxylic acid groups (broad SMARTS) is 1. The first-order valence-electron chi connectivity index (χ1n) is 14.8. The van der Waals surface area contributed by atoms with Crippen LogP contribution in [0.15, 0.2) is 63.8 Å². The highest BCUT2D eigenvalue weighted by atomic mass is 16.4. The molecule has 1 saturated heterocycles. The lowest BCUT2D eigenvalue weighted by Gasteiger charge is -2.41. The summed E-state index contributed by atoms with van der Waals surface area (Å²) in [5.41, 5.74) is 0.735. The summed E-state index contributed by atoms with van der Waals surface area (Å²) in [5, 5.41) is 21.8. The van der Waals surface area contributed by atoms with Gasteiger partial charge in [-0.15, -0.1) is 10.2 Å². The number of anilines is 1. The Labute approximate surface area is 256 Å². The molecule has 0 radical (unpaired) electrons. The van der Waals surface area contributed by atoms with Gasteiger partial charge in [-0.1, -0.05) is 52.8 Å². The van der Waals surface area contributed by atoms with Crippen molar-refractivity contribution in [3.05, 3.63) is 78.0 Å². The second-order valence-corrected chi connectivity index (χ2v) is 12.6. The summed E-state index contributed by atoms with van der Waals surface area (Å²) in [4.78, 5) is 39.1. The number of piperidine rings is 1. The molecular weight excluding hydrogens is 562 g/mol. The maximum Gasteiger partial charge on any atom is 0.407 e. The number of benzene rings is 1. The summed E-state index contributed by atoms with van der Waals surface area (Å²) in [6.45, 7) is 11.1. The summed E-state index contributed by atoms with van der Waals surface area (Å²) in [5.74, 6) is 1.82. The fourth-order valence-electron chi connectivity index (χ4n) is 5.29. The molecule has 1 aliphatic rings. The Kier molecular flexibility index (Phi) is 8.98. The molecule has 12 nitrogen and oxygen atoms in total. The summed E-state index contributed by atoms with van der Waals surface area (Å²) in [7, 11) is 0. The van der Waals surface area contributed by atoms with Gasteiger partial charge in [-0.3, -0.25) is 4.79 Å². The van der Waals surface area contributed by atoms with E-state index in [0.717, 1.165) is 5.56 Å². The zero-order valence-corrected chi connectivity index (χ0v) is 25.7. The van der Waals surface area contributed by atoms with Crippen molar-refractivity contribution in [3.63, 3.8) is 0 Å². The number of carbonyl (C=O) groups is 2. The molecule has 0 bridgehead atoms. The van der Waals surface area contributed by atoms with Gasteiger partial charge in [-0.05, 0) is 36.6 Å². The number of nitrogens with one attached hydrogen (secondary N) is 1. The first-order chi connectivity index (χ1) is 21.0. The Morgan fingerprint density at radius 3 is 2.55 bits per heavy atom. The number of hydrogen-bond acceptors (Lipinski definition) is 9. The van der Waals surface area contributed by atoms with E-state index in [4.69, 9.17) is 13.8 Å². The highest BCUT2D eigenvalue weighted by Crippen LogP contribution is 2.32. The fraction of sp³-hybridized carbons (Fsp3) is 0.438. The molecule has 1 aromatic carbocycles. The molecule has 2 N–H and O–H groups in total. The van der Waals surface area contributed by atoms with Crippen LogP contribution in [0.25, 0.3) is 11.5 Å². The number of hydrogen-bond donors (Lipinski definition) is 2. The average molecular weight is 602 g/mol. The summed E-state index contributed by atoms with van der Waals surface area (Å²) in [6.07, 6.45) is 2.54. The van der Waals surface area contributed by atoms with Gasteiger partial charge in [-0.25, -0.2) is 14.8 Å². The first-order valence-corrected chi connectivity index (χ1v) is 14.8. The number of likely N-dealkylation sites (tertiary alicyclic amines) is 1. The van der Waals surface area contributed by atoms with Crippen LogP contribution in [0.1, 0.15) is 74.8 Å². The third kappa shape index (κ3) is 7.07. The van der Waals surface area contributed by atoms with E-state index < -0.39 is 18.1 Å². The molecule has 3 aromatic heterocycles. The minimum absolute atomic E-state index is 0.111. The fourth-order valence-corrected chi connectivity index (χ4v) is 5.29. The van der Waals surface area contributed by atoms with Crippen molar-refractivity contribution in [1.29, 1.82) is 0 Å². The van der Waals surface area contributed by atoms with Gasteiger partial charge in [0.15, 0.2) is 0 Å². The smallest absolute Gasteiger partial charge is 0.407 e. The van der Waals surface area contributed by atoms with Crippen molar-refractivity contribution < 1.29 is 23.5 Å². The Bertz CT molecular complexity index is 1560. The Balaban J connectivity index is 1.47. The highest BCUT2D eigenvalue weighted by Gasteiger charge is 2.39. The number of furan rings is 1. The normalized spacial score (nSPS) is 17.1. The maximum absolute atomic E-state index is 14.4. The van der Waals surface area contributed by atoms with Crippen LogP contribution in [-0.2, 0) is 12.0 Å². The predicted octanol–water partition coefficient (Wildman–Crippen LogP) is 5.66. The minimum atomic E-state index is -1.07. The highest BCUT2D eigenvalue weighted by molar-refractivity contribution is 5.98. The van der Waals surface area contributed by atoms with Gasteiger partial charge in [-0.2, -0.15) is 0 Å². The van der Waals surface area contributed by atoms with E-state index in [1.165, 1.54) is 4.90 Å². The van der Waals surface area contributed by atoms with Gasteiger partial charge in [0.25, 0.3) is 5.91 Å². The second-order valence-electron chi connectivity index (χ2n) is 12.6. The van der Waals surface area contributed by atoms with Crippen LogP contribution in [0.3, 0.4) is 0 Å². The number of amides is 2. The van der Waals surface area contributed by atoms with E-state index in [9.17, 15) is 14.7 Å². The van der Waals surface area contributed by atoms with Gasteiger partial charge in [0, 0.05) is 36.8 Å². The Hall–Kier alpha value is -4.74. The lowest BCUT2D eigenvalue weighted by atomic mass is 9.92. The molecule has 12 heteroatoms. The largest absolute Gasteiger partial charge is 0.467 e.